The van der Waals surface area contributed by atoms with Gasteiger partial charge in [-0.1, -0.05) is 36.4 Å². The van der Waals surface area contributed by atoms with Crippen molar-refractivity contribution < 1.29 is 19.0 Å². The lowest BCUT2D eigenvalue weighted by Gasteiger charge is -2.42. The smallest absolute Gasteiger partial charge is 0.313 e. The van der Waals surface area contributed by atoms with Gasteiger partial charge in [-0.25, -0.2) is 0 Å². The first-order chi connectivity index (χ1) is 15.5. The van der Waals surface area contributed by atoms with Crippen molar-refractivity contribution in [1.29, 1.82) is 0 Å². The topological polar surface area (TPSA) is 100 Å². The van der Waals surface area contributed by atoms with Crippen molar-refractivity contribution in [3.63, 3.8) is 0 Å². The van der Waals surface area contributed by atoms with Crippen LogP contribution >= 0.6 is 12.2 Å². The lowest BCUT2D eigenvalue weighted by Crippen LogP contribution is -2.56. The molecule has 8 heteroatoms. The molecule has 0 fully saturated rings. The summed E-state index contributed by atoms with van der Waals surface area (Å²) < 4.78 is 17.2. The third-order valence-electron chi connectivity index (χ3n) is 5.08. The molecule has 0 spiro atoms. The minimum Gasteiger partial charge on any atom is -0.493 e. The number of hydrogen-bond donors (Lipinski definition) is 2. The number of nitrogens with two attached hydrogens (primary N) is 2. The van der Waals surface area contributed by atoms with Crippen LogP contribution in [0.5, 0.6) is 11.5 Å². The summed E-state index contributed by atoms with van der Waals surface area (Å²) in [5, 5.41) is 0.123. The second-order valence-electron chi connectivity index (χ2n) is 9.02. The fourth-order valence-corrected chi connectivity index (χ4v) is 3.53. The standard InChI is InChI=1S/C25H35N3O4S/c1-24(2,3)22(29)32-25(4,16-18-9-7-6-8-10-18)28(23(27)33)17-19-11-12-20(31-14-13-26)21(15-19)30-5/h6-12,15H,13-14,16-17,26H2,1-5H3,(H2,27,33)/t25-/m0/s1. The van der Waals surface area contributed by atoms with Crippen LogP contribution in [0.1, 0.15) is 38.8 Å². The highest BCUT2D eigenvalue weighted by molar-refractivity contribution is 7.80. The van der Waals surface area contributed by atoms with E-state index < -0.39 is 11.1 Å². The van der Waals surface area contributed by atoms with Gasteiger partial charge in [-0.15, -0.1) is 0 Å². The van der Waals surface area contributed by atoms with E-state index in [2.05, 4.69) is 0 Å². The molecule has 7 nitrogen and oxygen atoms in total. The summed E-state index contributed by atoms with van der Waals surface area (Å²) in [6.07, 6.45) is 0.405. The second kappa shape index (κ2) is 11.3. The number of esters is 1. The number of thiocarbonyl (C=S) groups is 1. The number of methoxy groups -OCH3 is 1. The Balaban J connectivity index is 2.42. The highest BCUT2D eigenvalue weighted by Gasteiger charge is 2.40. The van der Waals surface area contributed by atoms with Crippen LogP contribution in [0.15, 0.2) is 48.5 Å². The van der Waals surface area contributed by atoms with Gasteiger partial charge in [0.1, 0.15) is 6.61 Å². The Morgan fingerprint density at radius 3 is 2.24 bits per heavy atom. The van der Waals surface area contributed by atoms with E-state index in [4.69, 9.17) is 37.9 Å². The third kappa shape index (κ3) is 7.33. The van der Waals surface area contributed by atoms with E-state index in [1.807, 2.05) is 76.2 Å². The molecule has 2 aromatic carbocycles. The molecule has 33 heavy (non-hydrogen) atoms. The Kier molecular flexibility index (Phi) is 9.07. The van der Waals surface area contributed by atoms with Gasteiger partial charge in [0.2, 0.25) is 0 Å². The van der Waals surface area contributed by atoms with Crippen LogP contribution in [0.25, 0.3) is 0 Å². The van der Waals surface area contributed by atoms with E-state index >= 15 is 0 Å². The number of ether oxygens (including phenoxy) is 3. The van der Waals surface area contributed by atoms with Crippen molar-refractivity contribution in [2.24, 2.45) is 16.9 Å². The van der Waals surface area contributed by atoms with Gasteiger partial charge in [-0.2, -0.15) is 0 Å². The van der Waals surface area contributed by atoms with Gasteiger partial charge in [-0.3, -0.25) is 4.79 Å². The maximum Gasteiger partial charge on any atom is 0.313 e. The van der Waals surface area contributed by atoms with Crippen molar-refractivity contribution in [1.82, 2.24) is 4.90 Å². The Labute approximate surface area is 202 Å². The summed E-state index contributed by atoms with van der Waals surface area (Å²) in [7, 11) is 1.57. The highest BCUT2D eigenvalue weighted by atomic mass is 32.1. The van der Waals surface area contributed by atoms with Crippen LogP contribution < -0.4 is 20.9 Å². The quantitative estimate of drug-likeness (QED) is 0.307. The maximum absolute atomic E-state index is 12.9. The fourth-order valence-electron chi connectivity index (χ4n) is 3.27. The maximum atomic E-state index is 12.9. The zero-order valence-electron chi connectivity index (χ0n) is 20.1. The second-order valence-corrected chi connectivity index (χ2v) is 9.44. The highest BCUT2D eigenvalue weighted by Crippen LogP contribution is 2.32. The average Bonchev–Trinajstić information content (AvgIpc) is 2.75. The van der Waals surface area contributed by atoms with Gasteiger partial charge in [-0.05, 0) is 63.2 Å². The first-order valence-corrected chi connectivity index (χ1v) is 11.2. The summed E-state index contributed by atoms with van der Waals surface area (Å²) in [4.78, 5) is 14.6. The molecule has 0 bridgehead atoms. The molecule has 0 saturated heterocycles. The molecule has 1 atom stereocenters. The van der Waals surface area contributed by atoms with E-state index in [1.165, 1.54) is 0 Å². The zero-order chi connectivity index (χ0) is 24.6. The summed E-state index contributed by atoms with van der Waals surface area (Å²) in [6.45, 7) is 8.36. The molecule has 0 heterocycles. The van der Waals surface area contributed by atoms with Crippen molar-refractivity contribution in [3.8, 4) is 11.5 Å². The lowest BCUT2D eigenvalue weighted by molar-refractivity contribution is -0.183. The van der Waals surface area contributed by atoms with E-state index in [0.717, 1.165) is 11.1 Å². The molecule has 0 radical (unpaired) electrons. The molecule has 0 aliphatic carbocycles. The molecular weight excluding hydrogens is 438 g/mol. The largest absolute Gasteiger partial charge is 0.493 e. The van der Waals surface area contributed by atoms with Crippen LogP contribution in [0.3, 0.4) is 0 Å². The van der Waals surface area contributed by atoms with E-state index in [-0.39, 0.29) is 11.1 Å². The van der Waals surface area contributed by atoms with Gasteiger partial charge >= 0.3 is 5.97 Å². The zero-order valence-corrected chi connectivity index (χ0v) is 20.9. The average molecular weight is 474 g/mol. The molecule has 0 unspecified atom stereocenters. The van der Waals surface area contributed by atoms with Crippen LogP contribution in [0.4, 0.5) is 0 Å². The monoisotopic (exact) mass is 473 g/mol. The van der Waals surface area contributed by atoms with E-state index in [1.54, 1.807) is 12.0 Å². The number of benzene rings is 2. The van der Waals surface area contributed by atoms with Gasteiger partial charge in [0.05, 0.1) is 12.5 Å². The predicted molar refractivity (Wildman–Crippen MR) is 134 cm³/mol. The number of carbonyl (C=O) groups excluding carboxylic acids is 1. The van der Waals surface area contributed by atoms with Crippen molar-refractivity contribution in [2.45, 2.75) is 46.4 Å². The molecule has 2 aromatic rings. The Bertz CT molecular complexity index is 946. The van der Waals surface area contributed by atoms with E-state index in [0.29, 0.717) is 37.6 Å². The van der Waals surface area contributed by atoms with Crippen molar-refractivity contribution >= 4 is 23.3 Å². The van der Waals surface area contributed by atoms with Crippen LogP contribution in [0.2, 0.25) is 0 Å². The minimum atomic E-state index is -1.11. The molecule has 4 N–H and O–H groups in total. The van der Waals surface area contributed by atoms with E-state index in [9.17, 15) is 4.79 Å². The van der Waals surface area contributed by atoms with Crippen LogP contribution in [-0.2, 0) is 22.5 Å². The molecule has 180 valence electrons. The van der Waals surface area contributed by atoms with Crippen LogP contribution in [0, 0.1) is 5.41 Å². The molecule has 0 saturated carbocycles. The molecule has 0 aliphatic heterocycles. The van der Waals surface area contributed by atoms with Gasteiger partial charge in [0, 0.05) is 19.5 Å². The number of rotatable bonds is 10. The summed E-state index contributed by atoms with van der Waals surface area (Å²) in [6, 6.07) is 15.3. The first-order valence-electron chi connectivity index (χ1n) is 10.8. The Morgan fingerprint density at radius 2 is 1.70 bits per heavy atom. The third-order valence-corrected chi connectivity index (χ3v) is 5.30. The minimum absolute atomic E-state index is 0.123. The number of hydrogen-bond acceptors (Lipinski definition) is 6. The van der Waals surface area contributed by atoms with Gasteiger partial charge < -0.3 is 30.6 Å². The Hall–Kier alpha value is -2.84. The normalized spacial score (nSPS) is 13.0. The Morgan fingerprint density at radius 1 is 1.03 bits per heavy atom. The lowest BCUT2D eigenvalue weighted by atomic mass is 9.96. The summed E-state index contributed by atoms with van der Waals surface area (Å²) in [5.41, 5.74) is 11.8. The predicted octanol–water partition coefficient (Wildman–Crippen LogP) is 3.63. The van der Waals surface area contributed by atoms with Crippen molar-refractivity contribution in [2.75, 3.05) is 20.3 Å². The van der Waals surface area contributed by atoms with Gasteiger partial charge in [0.25, 0.3) is 0 Å². The molecular formula is C25H35N3O4S. The summed E-state index contributed by atoms with van der Waals surface area (Å²) >= 11 is 5.41. The molecule has 2 rings (SSSR count). The summed E-state index contributed by atoms with van der Waals surface area (Å²) in [5.74, 6) is 0.824. The SMILES string of the molecule is COc1cc(CN(C(N)=S)[C@](C)(Cc2ccccc2)OC(=O)C(C)(C)C)ccc1OCCN. The van der Waals surface area contributed by atoms with Gasteiger partial charge in [0.15, 0.2) is 22.3 Å². The van der Waals surface area contributed by atoms with Crippen LogP contribution in [-0.4, -0.2) is 42.0 Å². The first kappa shape index (κ1) is 26.4. The molecule has 0 amide bonds. The van der Waals surface area contributed by atoms with Crippen molar-refractivity contribution in [3.05, 3.63) is 59.7 Å². The molecule has 0 aromatic heterocycles. The fraction of sp³-hybridized carbons (Fsp3) is 0.440. The number of nitrogens with zero attached hydrogens (tertiary/aromatic N) is 1. The number of carbonyl (C=O) groups is 1. The molecule has 0 aliphatic rings.